The first-order valence-corrected chi connectivity index (χ1v) is 5.60. The summed E-state index contributed by atoms with van der Waals surface area (Å²) in [7, 11) is 0. The first-order valence-electron chi connectivity index (χ1n) is 5.22. The van der Waals surface area contributed by atoms with E-state index >= 15 is 0 Å². The Bertz CT molecular complexity index is 680. The van der Waals surface area contributed by atoms with Crippen molar-refractivity contribution < 1.29 is 9.66 Å². The van der Waals surface area contributed by atoms with Crippen LogP contribution in [-0.4, -0.2) is 4.92 Å². The minimum Gasteiger partial charge on any atom is -0.456 e. The van der Waals surface area contributed by atoms with Crippen LogP contribution in [0.1, 0.15) is 5.56 Å². The van der Waals surface area contributed by atoms with E-state index in [1.807, 2.05) is 6.07 Å². The molecule has 0 fully saturated rings. The molecular weight excluding hydrogens is 268 g/mol. The zero-order valence-corrected chi connectivity index (χ0v) is 10.3. The van der Waals surface area contributed by atoms with Crippen LogP contribution in [-0.2, 0) is 0 Å². The molecule has 94 valence electrons. The first kappa shape index (κ1) is 12.9. The quantitative estimate of drug-likeness (QED) is 0.628. The summed E-state index contributed by atoms with van der Waals surface area (Å²) in [5.74, 6) is 0.702. The van der Waals surface area contributed by atoms with Gasteiger partial charge < -0.3 is 4.74 Å². The third-order valence-corrected chi connectivity index (χ3v) is 2.55. The van der Waals surface area contributed by atoms with Crippen molar-refractivity contribution in [3.8, 4) is 17.6 Å². The van der Waals surface area contributed by atoms with Gasteiger partial charge in [0.15, 0.2) is 0 Å². The van der Waals surface area contributed by atoms with Gasteiger partial charge in [-0.1, -0.05) is 17.7 Å². The van der Waals surface area contributed by atoms with Gasteiger partial charge in [0, 0.05) is 17.2 Å². The van der Waals surface area contributed by atoms with Gasteiger partial charge in [-0.05, 0) is 24.3 Å². The Kier molecular flexibility index (Phi) is 3.64. The van der Waals surface area contributed by atoms with Crippen molar-refractivity contribution in [2.24, 2.45) is 0 Å². The standard InChI is InChI=1S/C13H7ClN2O3/c14-10-2-1-3-12(7-10)19-13-5-4-11(16(17)18)6-9(13)8-15/h1-7H. The summed E-state index contributed by atoms with van der Waals surface area (Å²) in [6.07, 6.45) is 0. The van der Waals surface area contributed by atoms with E-state index < -0.39 is 4.92 Å². The number of nitro groups is 1. The van der Waals surface area contributed by atoms with Crippen LogP contribution in [0.2, 0.25) is 5.02 Å². The minimum absolute atomic E-state index is 0.0918. The number of nitro benzene ring substituents is 1. The molecule has 0 aliphatic carbocycles. The van der Waals surface area contributed by atoms with Crippen molar-refractivity contribution in [3.05, 3.63) is 63.2 Å². The lowest BCUT2D eigenvalue weighted by atomic mass is 10.2. The molecule has 19 heavy (non-hydrogen) atoms. The highest BCUT2D eigenvalue weighted by atomic mass is 35.5. The Balaban J connectivity index is 2.36. The average molecular weight is 275 g/mol. The second-order valence-corrected chi connectivity index (χ2v) is 4.05. The topological polar surface area (TPSA) is 76.2 Å². The zero-order chi connectivity index (χ0) is 13.8. The molecule has 2 aromatic rings. The summed E-state index contributed by atoms with van der Waals surface area (Å²) < 4.78 is 5.49. The summed E-state index contributed by atoms with van der Waals surface area (Å²) in [4.78, 5) is 10.1. The molecule has 0 bridgehead atoms. The van der Waals surface area contributed by atoms with Crippen LogP contribution >= 0.6 is 11.6 Å². The number of nitrogens with zero attached hydrogens (tertiary/aromatic N) is 2. The van der Waals surface area contributed by atoms with Crippen LogP contribution in [0.4, 0.5) is 5.69 Å². The van der Waals surface area contributed by atoms with Crippen molar-refractivity contribution in [2.75, 3.05) is 0 Å². The maximum absolute atomic E-state index is 10.6. The fraction of sp³-hybridized carbons (Fsp3) is 0. The van der Waals surface area contributed by atoms with Crippen LogP contribution < -0.4 is 4.74 Å². The highest BCUT2D eigenvalue weighted by Crippen LogP contribution is 2.29. The van der Waals surface area contributed by atoms with Crippen LogP contribution in [0.3, 0.4) is 0 Å². The molecule has 6 heteroatoms. The molecule has 2 rings (SSSR count). The third kappa shape index (κ3) is 3.00. The third-order valence-electron chi connectivity index (χ3n) is 2.32. The monoisotopic (exact) mass is 274 g/mol. The molecule has 0 atom stereocenters. The van der Waals surface area contributed by atoms with Gasteiger partial charge in [0.2, 0.25) is 0 Å². The summed E-state index contributed by atoms with van der Waals surface area (Å²) >= 11 is 5.82. The fourth-order valence-corrected chi connectivity index (χ4v) is 1.65. The highest BCUT2D eigenvalue weighted by molar-refractivity contribution is 6.30. The molecule has 0 heterocycles. The summed E-state index contributed by atoms with van der Waals surface area (Å²) in [6, 6.07) is 12.4. The molecule has 0 aliphatic heterocycles. The Hall–Kier alpha value is -2.58. The normalized spacial score (nSPS) is 9.68. The van der Waals surface area contributed by atoms with E-state index in [1.165, 1.54) is 18.2 Å². The fourth-order valence-electron chi connectivity index (χ4n) is 1.47. The van der Waals surface area contributed by atoms with Crippen molar-refractivity contribution >= 4 is 17.3 Å². The molecule has 0 saturated carbocycles. The van der Waals surface area contributed by atoms with Crippen molar-refractivity contribution in [3.63, 3.8) is 0 Å². The largest absolute Gasteiger partial charge is 0.456 e. The van der Waals surface area contributed by atoms with E-state index in [4.69, 9.17) is 21.6 Å². The molecule has 0 saturated heterocycles. The van der Waals surface area contributed by atoms with Crippen LogP contribution in [0.5, 0.6) is 11.5 Å². The lowest BCUT2D eigenvalue weighted by Crippen LogP contribution is -1.92. The zero-order valence-electron chi connectivity index (χ0n) is 9.54. The van der Waals surface area contributed by atoms with Crippen molar-refractivity contribution in [1.29, 1.82) is 5.26 Å². The van der Waals surface area contributed by atoms with Gasteiger partial charge in [-0.2, -0.15) is 5.26 Å². The first-order chi connectivity index (χ1) is 9.10. The summed E-state index contributed by atoms with van der Waals surface area (Å²) in [5.41, 5.74) is -0.0656. The van der Waals surface area contributed by atoms with Crippen LogP contribution in [0.25, 0.3) is 0 Å². The van der Waals surface area contributed by atoms with Gasteiger partial charge in [-0.3, -0.25) is 10.1 Å². The molecule has 0 N–H and O–H groups in total. The number of benzene rings is 2. The number of hydrogen-bond acceptors (Lipinski definition) is 4. The highest BCUT2D eigenvalue weighted by Gasteiger charge is 2.12. The molecular formula is C13H7ClN2O3. The summed E-state index contributed by atoms with van der Waals surface area (Å²) in [6.45, 7) is 0. The number of nitriles is 1. The number of rotatable bonds is 3. The van der Waals surface area contributed by atoms with Gasteiger partial charge in [0.25, 0.3) is 5.69 Å². The van der Waals surface area contributed by atoms with E-state index in [2.05, 4.69) is 0 Å². The molecule has 0 spiro atoms. The van der Waals surface area contributed by atoms with E-state index in [0.717, 1.165) is 0 Å². The van der Waals surface area contributed by atoms with Crippen LogP contribution in [0.15, 0.2) is 42.5 Å². The number of non-ortho nitro benzene ring substituents is 1. The van der Waals surface area contributed by atoms with E-state index in [0.29, 0.717) is 10.8 Å². The molecule has 0 radical (unpaired) electrons. The molecule has 5 nitrogen and oxygen atoms in total. The maximum atomic E-state index is 10.6. The molecule has 0 unspecified atom stereocenters. The Morgan fingerprint density at radius 3 is 2.68 bits per heavy atom. The lowest BCUT2D eigenvalue weighted by Gasteiger charge is -2.07. The van der Waals surface area contributed by atoms with E-state index in [-0.39, 0.29) is 17.0 Å². The van der Waals surface area contributed by atoms with E-state index in [1.54, 1.807) is 24.3 Å². The molecule has 0 amide bonds. The minimum atomic E-state index is -0.565. The van der Waals surface area contributed by atoms with Gasteiger partial charge >= 0.3 is 0 Å². The lowest BCUT2D eigenvalue weighted by molar-refractivity contribution is -0.384. The van der Waals surface area contributed by atoms with Crippen molar-refractivity contribution in [2.45, 2.75) is 0 Å². The smallest absolute Gasteiger partial charge is 0.271 e. The van der Waals surface area contributed by atoms with Gasteiger partial charge in [0.05, 0.1) is 4.92 Å². The second kappa shape index (κ2) is 5.38. The Labute approximate surface area is 113 Å². The Morgan fingerprint density at radius 1 is 1.26 bits per heavy atom. The van der Waals surface area contributed by atoms with Crippen molar-refractivity contribution in [1.82, 2.24) is 0 Å². The maximum Gasteiger partial charge on any atom is 0.271 e. The van der Waals surface area contributed by atoms with Crippen LogP contribution in [0, 0.1) is 21.4 Å². The van der Waals surface area contributed by atoms with Gasteiger partial charge in [0.1, 0.15) is 23.1 Å². The number of halogens is 1. The predicted octanol–water partition coefficient (Wildman–Crippen LogP) is 3.91. The molecule has 2 aromatic carbocycles. The SMILES string of the molecule is N#Cc1cc([N+](=O)[O-])ccc1Oc1cccc(Cl)c1. The molecule has 0 aromatic heterocycles. The van der Waals surface area contributed by atoms with Gasteiger partial charge in [-0.25, -0.2) is 0 Å². The van der Waals surface area contributed by atoms with E-state index in [9.17, 15) is 10.1 Å². The molecule has 0 aliphatic rings. The average Bonchev–Trinajstić information content (AvgIpc) is 2.39. The predicted molar refractivity (Wildman–Crippen MR) is 69.3 cm³/mol. The van der Waals surface area contributed by atoms with Gasteiger partial charge in [-0.15, -0.1) is 0 Å². The second-order valence-electron chi connectivity index (χ2n) is 3.61. The number of ether oxygens (including phenoxy) is 1. The summed E-state index contributed by atoms with van der Waals surface area (Å²) in [5, 5.41) is 20.1. The Morgan fingerprint density at radius 2 is 2.05 bits per heavy atom. The number of hydrogen-bond donors (Lipinski definition) is 0.